The van der Waals surface area contributed by atoms with E-state index >= 15 is 0 Å². The van der Waals surface area contributed by atoms with Crippen LogP contribution < -0.4 is 5.32 Å². The van der Waals surface area contributed by atoms with Gasteiger partial charge in [0.2, 0.25) is 0 Å². The van der Waals surface area contributed by atoms with Gasteiger partial charge >= 0.3 is 12.0 Å². The molecule has 0 radical (unpaired) electrons. The maximum atomic E-state index is 12.1. The van der Waals surface area contributed by atoms with Crippen LogP contribution in [0, 0.1) is 11.8 Å². The van der Waals surface area contributed by atoms with Gasteiger partial charge in [-0.05, 0) is 36.9 Å². The van der Waals surface area contributed by atoms with Crippen molar-refractivity contribution in [3.63, 3.8) is 0 Å². The highest BCUT2D eigenvalue weighted by Gasteiger charge is 2.23. The van der Waals surface area contributed by atoms with Crippen LogP contribution >= 0.6 is 11.8 Å². The fourth-order valence-corrected chi connectivity index (χ4v) is 3.87. The lowest BCUT2D eigenvalue weighted by atomic mass is 9.88. The average molecular weight is 316 g/mol. The lowest BCUT2D eigenvalue weighted by Crippen LogP contribution is -2.44. The minimum Gasteiger partial charge on any atom is -0.481 e. The fourth-order valence-electron chi connectivity index (χ4n) is 2.60. The summed E-state index contributed by atoms with van der Waals surface area (Å²) in [6.45, 7) is 4.83. The molecule has 2 amide bonds. The lowest BCUT2D eigenvalue weighted by Gasteiger charge is -2.25. The smallest absolute Gasteiger partial charge is 0.317 e. The van der Waals surface area contributed by atoms with Crippen LogP contribution in [0.15, 0.2) is 0 Å². The van der Waals surface area contributed by atoms with Crippen molar-refractivity contribution in [2.75, 3.05) is 25.1 Å². The summed E-state index contributed by atoms with van der Waals surface area (Å²) in [5, 5.41) is 11.7. The highest BCUT2D eigenvalue weighted by atomic mass is 32.2. The molecule has 0 aromatic rings. The molecular weight excluding hydrogens is 288 g/mol. The number of urea groups is 1. The van der Waals surface area contributed by atoms with Crippen LogP contribution in [0.1, 0.15) is 39.5 Å². The molecule has 2 atom stereocenters. The number of carbonyl (C=O) groups is 2. The number of hydrogen-bond acceptors (Lipinski definition) is 3. The molecule has 2 unspecified atom stereocenters. The van der Waals surface area contributed by atoms with Crippen LogP contribution in [0.25, 0.3) is 0 Å². The van der Waals surface area contributed by atoms with Crippen LogP contribution in [-0.4, -0.2) is 53.1 Å². The van der Waals surface area contributed by atoms with Gasteiger partial charge in [0.05, 0.1) is 0 Å². The Labute approximate surface area is 131 Å². The van der Waals surface area contributed by atoms with Gasteiger partial charge in [-0.1, -0.05) is 13.8 Å². The van der Waals surface area contributed by atoms with Crippen LogP contribution in [-0.2, 0) is 4.79 Å². The average Bonchev–Trinajstić information content (AvgIpc) is 2.94. The Morgan fingerprint density at radius 1 is 1.38 bits per heavy atom. The van der Waals surface area contributed by atoms with Gasteiger partial charge in [0.1, 0.15) is 0 Å². The first-order valence-electron chi connectivity index (χ1n) is 7.72. The molecule has 1 aliphatic rings. The third-order valence-corrected chi connectivity index (χ3v) is 5.38. The van der Waals surface area contributed by atoms with Crippen molar-refractivity contribution in [2.45, 2.75) is 45.6 Å². The van der Waals surface area contributed by atoms with E-state index in [1.807, 2.05) is 23.7 Å². The number of thioether (sulfide) groups is 1. The van der Waals surface area contributed by atoms with Crippen molar-refractivity contribution < 1.29 is 14.7 Å². The second-order valence-corrected chi connectivity index (χ2v) is 7.24. The minimum atomic E-state index is -0.747. The third kappa shape index (κ3) is 6.59. The molecule has 0 aliphatic carbocycles. The predicted molar refractivity (Wildman–Crippen MR) is 86.7 cm³/mol. The summed E-state index contributed by atoms with van der Waals surface area (Å²) >= 11 is 1.89. The zero-order valence-electron chi connectivity index (χ0n) is 13.3. The van der Waals surface area contributed by atoms with Gasteiger partial charge in [-0.3, -0.25) is 4.79 Å². The Kier molecular flexibility index (Phi) is 7.93. The Bertz CT molecular complexity index is 344. The van der Waals surface area contributed by atoms with Gasteiger partial charge in [-0.15, -0.1) is 0 Å². The Balaban J connectivity index is 2.28. The molecule has 1 saturated heterocycles. The molecular formula is C15H28N2O3S. The van der Waals surface area contributed by atoms with Crippen LogP contribution in [0.2, 0.25) is 0 Å². The molecule has 6 heteroatoms. The largest absolute Gasteiger partial charge is 0.481 e. The SMILES string of the molecule is CC(C)C(CCNC(=O)N(C)C1CCSC1)CCC(=O)O. The number of carboxylic acid groups (broad SMARTS) is 1. The first-order chi connectivity index (χ1) is 9.91. The zero-order valence-corrected chi connectivity index (χ0v) is 14.1. The number of carboxylic acids is 1. The van der Waals surface area contributed by atoms with Gasteiger partial charge in [-0.25, -0.2) is 4.79 Å². The molecule has 21 heavy (non-hydrogen) atoms. The number of amides is 2. The predicted octanol–water partition coefficient (Wildman–Crippen LogP) is 2.66. The van der Waals surface area contributed by atoms with E-state index in [0.29, 0.717) is 30.8 Å². The van der Waals surface area contributed by atoms with Crippen LogP contribution in [0.5, 0.6) is 0 Å². The van der Waals surface area contributed by atoms with Crippen molar-refractivity contribution in [3.05, 3.63) is 0 Å². The summed E-state index contributed by atoms with van der Waals surface area (Å²) in [5.41, 5.74) is 0. The normalized spacial score (nSPS) is 19.5. The maximum absolute atomic E-state index is 12.1. The summed E-state index contributed by atoms with van der Waals surface area (Å²) in [6, 6.07) is 0.339. The number of carbonyl (C=O) groups excluding carboxylic acids is 1. The monoisotopic (exact) mass is 316 g/mol. The van der Waals surface area contributed by atoms with Gasteiger partial charge < -0.3 is 15.3 Å². The molecule has 2 N–H and O–H groups in total. The maximum Gasteiger partial charge on any atom is 0.317 e. The highest BCUT2D eigenvalue weighted by molar-refractivity contribution is 7.99. The molecule has 1 rings (SSSR count). The second-order valence-electron chi connectivity index (χ2n) is 6.09. The Hall–Kier alpha value is -0.910. The van der Waals surface area contributed by atoms with E-state index in [2.05, 4.69) is 19.2 Å². The molecule has 1 heterocycles. The lowest BCUT2D eigenvalue weighted by molar-refractivity contribution is -0.137. The van der Waals surface area contributed by atoms with Crippen molar-refractivity contribution in [2.24, 2.45) is 11.8 Å². The second kappa shape index (κ2) is 9.18. The van der Waals surface area contributed by atoms with Crippen LogP contribution in [0.4, 0.5) is 4.79 Å². The van der Waals surface area contributed by atoms with Gasteiger partial charge in [0.15, 0.2) is 0 Å². The first kappa shape index (κ1) is 18.1. The molecule has 0 aromatic heterocycles. The highest BCUT2D eigenvalue weighted by Crippen LogP contribution is 2.22. The van der Waals surface area contributed by atoms with E-state index < -0.39 is 5.97 Å². The van der Waals surface area contributed by atoms with Gasteiger partial charge in [0.25, 0.3) is 0 Å². The van der Waals surface area contributed by atoms with Crippen molar-refractivity contribution in [3.8, 4) is 0 Å². The summed E-state index contributed by atoms with van der Waals surface area (Å²) in [6.07, 6.45) is 2.79. The van der Waals surface area contributed by atoms with Crippen LogP contribution in [0.3, 0.4) is 0 Å². The van der Waals surface area contributed by atoms with E-state index in [4.69, 9.17) is 5.11 Å². The van der Waals surface area contributed by atoms with E-state index in [-0.39, 0.29) is 12.5 Å². The van der Waals surface area contributed by atoms with E-state index in [1.165, 1.54) is 0 Å². The number of hydrogen-bond donors (Lipinski definition) is 2. The standard InChI is InChI=1S/C15H28N2O3S/c1-11(2)12(4-5-14(18)19)6-8-16-15(20)17(3)13-7-9-21-10-13/h11-13H,4-10H2,1-3H3,(H,16,20)(H,18,19). The van der Waals surface area contributed by atoms with Crippen molar-refractivity contribution in [1.82, 2.24) is 10.2 Å². The van der Waals surface area contributed by atoms with E-state index in [9.17, 15) is 9.59 Å². The van der Waals surface area contributed by atoms with Gasteiger partial charge in [0, 0.05) is 31.8 Å². The number of nitrogens with zero attached hydrogens (tertiary/aromatic N) is 1. The number of rotatable bonds is 8. The third-order valence-electron chi connectivity index (χ3n) is 4.24. The topological polar surface area (TPSA) is 69.6 Å². The molecule has 0 bridgehead atoms. The first-order valence-corrected chi connectivity index (χ1v) is 8.87. The molecule has 1 fully saturated rings. The zero-order chi connectivity index (χ0) is 15.8. The summed E-state index contributed by atoms with van der Waals surface area (Å²) in [7, 11) is 1.86. The fraction of sp³-hybridized carbons (Fsp3) is 0.867. The minimum absolute atomic E-state index is 0.0109. The summed E-state index contributed by atoms with van der Waals surface area (Å²) in [5.74, 6) is 2.19. The summed E-state index contributed by atoms with van der Waals surface area (Å²) in [4.78, 5) is 24.5. The number of nitrogens with one attached hydrogen (secondary N) is 1. The molecule has 5 nitrogen and oxygen atoms in total. The van der Waals surface area contributed by atoms with E-state index in [0.717, 1.165) is 24.3 Å². The Morgan fingerprint density at radius 3 is 2.62 bits per heavy atom. The van der Waals surface area contributed by atoms with Crippen molar-refractivity contribution in [1.29, 1.82) is 0 Å². The quantitative estimate of drug-likeness (QED) is 0.722. The molecule has 1 aliphatic heterocycles. The number of aliphatic carboxylic acids is 1. The molecule has 0 spiro atoms. The summed E-state index contributed by atoms with van der Waals surface area (Å²) < 4.78 is 0. The molecule has 0 aromatic carbocycles. The molecule has 122 valence electrons. The van der Waals surface area contributed by atoms with E-state index in [1.54, 1.807) is 0 Å². The van der Waals surface area contributed by atoms with Crippen molar-refractivity contribution >= 4 is 23.8 Å². The molecule has 0 saturated carbocycles. The Morgan fingerprint density at radius 2 is 2.10 bits per heavy atom. The van der Waals surface area contributed by atoms with Gasteiger partial charge in [-0.2, -0.15) is 11.8 Å².